The van der Waals surface area contributed by atoms with Crippen molar-refractivity contribution in [3.05, 3.63) is 59.7 Å². The molecule has 1 aliphatic rings. The first kappa shape index (κ1) is 18.7. The molecule has 1 aliphatic carbocycles. The minimum atomic E-state index is -0.687. The molecule has 0 heterocycles. The number of alkyl carbamates (subject to hydrolysis) is 1. The molecule has 0 aromatic heterocycles. The highest BCUT2D eigenvalue weighted by Gasteiger charge is 2.29. The maximum Gasteiger partial charge on any atom is 0.407 e. The molecule has 26 heavy (non-hydrogen) atoms. The Kier molecular flexibility index (Phi) is 6.13. The number of carbonyl (C=O) groups is 2. The zero-order valence-corrected chi connectivity index (χ0v) is 16.6. The largest absolute Gasteiger partial charge is 0.467 e. The Balaban J connectivity index is 1.70. The van der Waals surface area contributed by atoms with Gasteiger partial charge >= 0.3 is 12.1 Å². The zero-order valence-electron chi connectivity index (χ0n) is 14.4. The summed E-state index contributed by atoms with van der Waals surface area (Å²) in [5, 5.41) is 2.60. The molecule has 2 aromatic carbocycles. The average Bonchev–Trinajstić information content (AvgIpc) is 2.99. The Morgan fingerprint density at radius 1 is 1.08 bits per heavy atom. The minimum absolute atomic E-state index is 0.00528. The predicted molar refractivity (Wildman–Crippen MR) is 108 cm³/mol. The monoisotopic (exact) mass is 465 g/mol. The molecule has 5 nitrogen and oxygen atoms in total. The lowest BCUT2D eigenvalue weighted by molar-refractivity contribution is -0.143. The SMILES string of the molecule is COC(=O)[C@H](CCI)NC(=O)OCC1c2ccccc2-c2ccccc21. The first-order chi connectivity index (χ1) is 12.7. The van der Waals surface area contributed by atoms with Crippen LogP contribution in [0.15, 0.2) is 48.5 Å². The van der Waals surface area contributed by atoms with Crippen LogP contribution in [0, 0.1) is 0 Å². The number of hydrogen-bond donors (Lipinski definition) is 1. The molecule has 6 heteroatoms. The van der Waals surface area contributed by atoms with Crippen LogP contribution in [-0.2, 0) is 14.3 Å². The number of alkyl halides is 1. The number of esters is 1. The van der Waals surface area contributed by atoms with E-state index >= 15 is 0 Å². The smallest absolute Gasteiger partial charge is 0.407 e. The van der Waals surface area contributed by atoms with Crippen molar-refractivity contribution in [2.75, 3.05) is 18.1 Å². The topological polar surface area (TPSA) is 64.6 Å². The summed E-state index contributed by atoms with van der Waals surface area (Å²) in [6.07, 6.45) is -0.107. The van der Waals surface area contributed by atoms with Gasteiger partial charge in [-0.05, 0) is 28.7 Å². The molecule has 0 unspecified atom stereocenters. The Morgan fingerprint density at radius 2 is 1.65 bits per heavy atom. The van der Waals surface area contributed by atoms with Gasteiger partial charge in [-0.25, -0.2) is 9.59 Å². The maximum absolute atomic E-state index is 12.2. The van der Waals surface area contributed by atoms with E-state index in [0.29, 0.717) is 6.42 Å². The molecular formula is C20H20INO4. The van der Waals surface area contributed by atoms with Crippen LogP contribution in [0.25, 0.3) is 11.1 Å². The molecule has 1 atom stereocenters. The van der Waals surface area contributed by atoms with Crippen LogP contribution in [0.2, 0.25) is 0 Å². The van der Waals surface area contributed by atoms with E-state index in [-0.39, 0.29) is 12.5 Å². The third kappa shape index (κ3) is 3.85. The number of amides is 1. The number of hydrogen-bond acceptors (Lipinski definition) is 4. The van der Waals surface area contributed by atoms with Crippen LogP contribution in [0.4, 0.5) is 4.79 Å². The molecule has 0 bridgehead atoms. The number of fused-ring (bicyclic) bond motifs is 3. The first-order valence-electron chi connectivity index (χ1n) is 8.41. The number of nitrogens with one attached hydrogen (secondary N) is 1. The second-order valence-electron chi connectivity index (χ2n) is 6.02. The van der Waals surface area contributed by atoms with Crippen LogP contribution in [0.5, 0.6) is 0 Å². The summed E-state index contributed by atoms with van der Waals surface area (Å²) in [6.45, 7) is 0.220. The lowest BCUT2D eigenvalue weighted by Gasteiger charge is -2.18. The summed E-state index contributed by atoms with van der Waals surface area (Å²) < 4.78 is 10.9. The van der Waals surface area contributed by atoms with Crippen molar-refractivity contribution in [3.63, 3.8) is 0 Å². The summed E-state index contributed by atoms with van der Waals surface area (Å²) in [5.41, 5.74) is 4.65. The minimum Gasteiger partial charge on any atom is -0.467 e. The molecule has 0 saturated heterocycles. The van der Waals surface area contributed by atoms with E-state index in [4.69, 9.17) is 9.47 Å². The standard InChI is InChI=1S/C20H20INO4/c1-25-19(23)18(10-11-21)22-20(24)26-12-17-15-8-4-2-6-13(15)14-7-3-5-9-16(14)17/h2-9,17-18H,10-12H2,1H3,(H,22,24)/t18-/m0/s1. The molecule has 1 amide bonds. The van der Waals surface area contributed by atoms with Gasteiger partial charge in [0.2, 0.25) is 0 Å². The van der Waals surface area contributed by atoms with Gasteiger partial charge in [0.1, 0.15) is 12.6 Å². The van der Waals surface area contributed by atoms with Crippen LogP contribution in [0.3, 0.4) is 0 Å². The molecule has 1 N–H and O–H groups in total. The van der Waals surface area contributed by atoms with Gasteiger partial charge in [-0.2, -0.15) is 0 Å². The van der Waals surface area contributed by atoms with Gasteiger partial charge in [-0.1, -0.05) is 71.1 Å². The van der Waals surface area contributed by atoms with Gasteiger partial charge in [0.25, 0.3) is 0 Å². The molecule has 0 aliphatic heterocycles. The van der Waals surface area contributed by atoms with Crippen molar-refractivity contribution in [2.45, 2.75) is 18.4 Å². The van der Waals surface area contributed by atoms with E-state index in [2.05, 4.69) is 52.2 Å². The van der Waals surface area contributed by atoms with Crippen molar-refractivity contribution in [1.82, 2.24) is 5.32 Å². The molecule has 2 aromatic rings. The highest BCUT2D eigenvalue weighted by molar-refractivity contribution is 14.1. The molecule has 0 fully saturated rings. The van der Waals surface area contributed by atoms with E-state index in [1.54, 1.807) is 0 Å². The third-order valence-electron chi connectivity index (χ3n) is 4.52. The van der Waals surface area contributed by atoms with Crippen LogP contribution >= 0.6 is 22.6 Å². The lowest BCUT2D eigenvalue weighted by atomic mass is 9.98. The zero-order chi connectivity index (χ0) is 18.5. The molecule has 3 rings (SSSR count). The molecule has 0 spiro atoms. The normalized spacial score (nSPS) is 13.5. The first-order valence-corrected chi connectivity index (χ1v) is 9.93. The van der Waals surface area contributed by atoms with Crippen LogP contribution in [0.1, 0.15) is 23.5 Å². The van der Waals surface area contributed by atoms with Crippen LogP contribution < -0.4 is 5.32 Å². The predicted octanol–water partition coefficient (Wildman–Crippen LogP) is 3.89. The Bertz CT molecular complexity index is 762. The number of rotatable bonds is 6. The number of ether oxygens (including phenoxy) is 2. The van der Waals surface area contributed by atoms with Gasteiger partial charge < -0.3 is 14.8 Å². The van der Waals surface area contributed by atoms with Gasteiger partial charge in [-0.15, -0.1) is 0 Å². The second kappa shape index (κ2) is 8.53. The number of carbonyl (C=O) groups excluding carboxylic acids is 2. The quantitative estimate of drug-likeness (QED) is 0.400. The maximum atomic E-state index is 12.2. The summed E-state index contributed by atoms with van der Waals surface area (Å²) in [5.74, 6) is -0.468. The van der Waals surface area contributed by atoms with Gasteiger partial charge in [0.15, 0.2) is 0 Å². The molecule has 136 valence electrons. The summed E-state index contributed by atoms with van der Waals surface area (Å²) in [4.78, 5) is 23.9. The van der Waals surface area contributed by atoms with Crippen molar-refractivity contribution < 1.29 is 19.1 Å². The molecular weight excluding hydrogens is 445 g/mol. The Morgan fingerprint density at radius 3 is 2.19 bits per heavy atom. The number of methoxy groups -OCH3 is 1. The third-order valence-corrected chi connectivity index (χ3v) is 5.14. The highest BCUT2D eigenvalue weighted by atomic mass is 127. The van der Waals surface area contributed by atoms with Crippen molar-refractivity contribution in [2.24, 2.45) is 0 Å². The number of halogens is 1. The molecule has 0 saturated carbocycles. The summed E-state index contributed by atoms with van der Waals surface area (Å²) in [7, 11) is 1.31. The Labute approximate surface area is 166 Å². The van der Waals surface area contributed by atoms with E-state index < -0.39 is 18.1 Å². The Hall–Kier alpha value is -2.09. The lowest BCUT2D eigenvalue weighted by Crippen LogP contribution is -2.42. The average molecular weight is 465 g/mol. The van der Waals surface area contributed by atoms with Crippen molar-refractivity contribution in [3.8, 4) is 11.1 Å². The fraction of sp³-hybridized carbons (Fsp3) is 0.300. The second-order valence-corrected chi connectivity index (χ2v) is 7.10. The number of benzene rings is 2. The highest BCUT2D eigenvalue weighted by Crippen LogP contribution is 2.44. The van der Waals surface area contributed by atoms with E-state index in [9.17, 15) is 9.59 Å². The van der Waals surface area contributed by atoms with E-state index in [1.165, 1.54) is 18.2 Å². The van der Waals surface area contributed by atoms with Crippen LogP contribution in [-0.4, -0.2) is 36.2 Å². The fourth-order valence-electron chi connectivity index (χ4n) is 3.28. The van der Waals surface area contributed by atoms with Crippen molar-refractivity contribution in [1.29, 1.82) is 0 Å². The van der Waals surface area contributed by atoms with Gasteiger partial charge in [0.05, 0.1) is 7.11 Å². The molecule has 0 radical (unpaired) electrons. The van der Waals surface area contributed by atoms with E-state index in [0.717, 1.165) is 15.6 Å². The summed E-state index contributed by atoms with van der Waals surface area (Å²) >= 11 is 2.15. The fourth-order valence-corrected chi connectivity index (χ4v) is 3.91. The van der Waals surface area contributed by atoms with E-state index in [1.807, 2.05) is 24.3 Å². The van der Waals surface area contributed by atoms with Crippen molar-refractivity contribution >= 4 is 34.7 Å². The van der Waals surface area contributed by atoms with Gasteiger partial charge in [-0.3, -0.25) is 0 Å². The summed E-state index contributed by atoms with van der Waals surface area (Å²) in [6, 6.07) is 15.6. The van der Waals surface area contributed by atoms with Gasteiger partial charge in [0, 0.05) is 10.3 Å².